The van der Waals surface area contributed by atoms with Gasteiger partial charge in [-0.25, -0.2) is 8.42 Å². The highest BCUT2D eigenvalue weighted by Crippen LogP contribution is 2.37. The third kappa shape index (κ3) is 4.22. The number of nitrogens with one attached hydrogen (secondary N) is 1. The number of thioether (sulfide) groups is 1. The van der Waals surface area contributed by atoms with E-state index in [1.807, 2.05) is 4.72 Å². The van der Waals surface area contributed by atoms with Crippen LogP contribution in [-0.4, -0.2) is 25.3 Å². The Kier molecular flexibility index (Phi) is 4.94. The molecule has 1 saturated heterocycles. The van der Waals surface area contributed by atoms with Crippen LogP contribution in [0.25, 0.3) is 0 Å². The summed E-state index contributed by atoms with van der Waals surface area (Å²) in [5.74, 6) is 0.308. The number of rotatable bonds is 3. The van der Waals surface area contributed by atoms with Gasteiger partial charge >= 0.3 is 12.4 Å². The first-order valence-corrected chi connectivity index (χ1v) is 8.76. The van der Waals surface area contributed by atoms with Gasteiger partial charge in [0, 0.05) is 5.75 Å². The maximum absolute atomic E-state index is 12.8. The number of halogens is 6. The van der Waals surface area contributed by atoms with Crippen LogP contribution in [0.4, 0.5) is 26.3 Å². The quantitative estimate of drug-likeness (QED) is 0.802. The van der Waals surface area contributed by atoms with Crippen LogP contribution in [0.5, 0.6) is 0 Å². The van der Waals surface area contributed by atoms with E-state index in [4.69, 9.17) is 0 Å². The molecule has 1 fully saturated rings. The molecule has 1 aromatic rings. The Bertz CT molecular complexity index is 725. The maximum atomic E-state index is 12.8. The Hall–Kier alpha value is -1.27. The van der Waals surface area contributed by atoms with Crippen LogP contribution in [0.2, 0.25) is 0 Å². The summed E-state index contributed by atoms with van der Waals surface area (Å²) in [6.07, 6.45) is -10.2. The maximum Gasteiger partial charge on any atom is 0.416 e. The zero-order valence-corrected chi connectivity index (χ0v) is 13.2. The van der Waals surface area contributed by atoms with Gasteiger partial charge in [-0.1, -0.05) is 11.8 Å². The fourth-order valence-electron chi connectivity index (χ4n) is 1.94. The van der Waals surface area contributed by atoms with E-state index in [0.29, 0.717) is 5.75 Å². The van der Waals surface area contributed by atoms with Gasteiger partial charge in [-0.05, 0) is 24.6 Å². The molecule has 0 amide bonds. The van der Waals surface area contributed by atoms with Crippen LogP contribution in [0.3, 0.4) is 0 Å². The standard InChI is InChI=1S/C12H9F6NO3S2/c13-11(14,15)6-3-7(12(16,17)18)5-8(4-6)24(21,22)19-9-1-2-23-10(9)20/h3-5,9,19H,1-2H2/t9-/m0/s1. The topological polar surface area (TPSA) is 63.2 Å². The molecule has 24 heavy (non-hydrogen) atoms. The van der Waals surface area contributed by atoms with E-state index in [1.54, 1.807) is 0 Å². The van der Waals surface area contributed by atoms with Gasteiger partial charge in [0.1, 0.15) is 0 Å². The molecule has 134 valence electrons. The number of benzene rings is 1. The summed E-state index contributed by atoms with van der Waals surface area (Å²) in [5, 5.41) is -0.540. The zero-order valence-electron chi connectivity index (χ0n) is 11.5. The second-order valence-corrected chi connectivity index (χ2v) is 7.68. The Morgan fingerprint density at radius 3 is 1.88 bits per heavy atom. The van der Waals surface area contributed by atoms with Gasteiger partial charge in [0.25, 0.3) is 0 Å². The van der Waals surface area contributed by atoms with Gasteiger partial charge in [-0.3, -0.25) is 4.79 Å². The van der Waals surface area contributed by atoms with E-state index < -0.39 is 49.6 Å². The molecule has 1 aliphatic rings. The van der Waals surface area contributed by atoms with Crippen molar-refractivity contribution in [2.24, 2.45) is 0 Å². The summed E-state index contributed by atoms with van der Waals surface area (Å²) in [5.41, 5.74) is -3.49. The molecule has 0 unspecified atom stereocenters. The van der Waals surface area contributed by atoms with Crippen LogP contribution in [0.1, 0.15) is 17.5 Å². The summed E-state index contributed by atoms with van der Waals surface area (Å²) in [7, 11) is -4.73. The van der Waals surface area contributed by atoms with Gasteiger partial charge in [0.05, 0.1) is 22.1 Å². The smallest absolute Gasteiger partial charge is 0.285 e. The molecule has 0 saturated carbocycles. The Morgan fingerprint density at radius 2 is 1.50 bits per heavy atom. The van der Waals surface area contributed by atoms with Crippen molar-refractivity contribution in [1.29, 1.82) is 0 Å². The number of alkyl halides is 6. The van der Waals surface area contributed by atoms with Crippen molar-refractivity contribution in [3.8, 4) is 0 Å². The monoisotopic (exact) mass is 393 g/mol. The predicted molar refractivity (Wildman–Crippen MR) is 72.6 cm³/mol. The minimum Gasteiger partial charge on any atom is -0.285 e. The van der Waals surface area contributed by atoms with E-state index in [0.717, 1.165) is 11.8 Å². The van der Waals surface area contributed by atoms with Gasteiger partial charge in [0.2, 0.25) is 15.1 Å². The minimum atomic E-state index is -5.16. The fraction of sp³-hybridized carbons (Fsp3) is 0.417. The van der Waals surface area contributed by atoms with Crippen molar-refractivity contribution in [2.75, 3.05) is 5.75 Å². The van der Waals surface area contributed by atoms with Crippen LogP contribution < -0.4 is 4.72 Å². The molecular weight excluding hydrogens is 384 g/mol. The van der Waals surface area contributed by atoms with Crippen molar-refractivity contribution in [3.63, 3.8) is 0 Å². The highest BCUT2D eigenvalue weighted by atomic mass is 32.2. The summed E-state index contributed by atoms with van der Waals surface area (Å²) in [6, 6.07) is -1.15. The predicted octanol–water partition coefficient (Wildman–Crippen LogP) is 3.03. The number of hydrogen-bond acceptors (Lipinski definition) is 4. The van der Waals surface area contributed by atoms with Crippen molar-refractivity contribution >= 4 is 26.9 Å². The first-order chi connectivity index (χ1) is 10.8. The van der Waals surface area contributed by atoms with E-state index in [1.165, 1.54) is 0 Å². The number of carbonyl (C=O) groups excluding carboxylic acids is 1. The molecule has 0 aromatic heterocycles. The first kappa shape index (κ1) is 19.1. The molecule has 12 heteroatoms. The number of hydrogen-bond donors (Lipinski definition) is 1. The average Bonchev–Trinajstić information content (AvgIpc) is 2.81. The molecule has 0 bridgehead atoms. The molecule has 1 aromatic carbocycles. The van der Waals surface area contributed by atoms with Gasteiger partial charge in [-0.2, -0.15) is 31.1 Å². The van der Waals surface area contributed by atoms with Crippen molar-refractivity contribution in [2.45, 2.75) is 29.7 Å². The lowest BCUT2D eigenvalue weighted by Gasteiger charge is -2.16. The zero-order chi connectivity index (χ0) is 18.3. The second kappa shape index (κ2) is 6.23. The van der Waals surface area contributed by atoms with Gasteiger partial charge in [-0.15, -0.1) is 0 Å². The molecule has 1 aliphatic heterocycles. The molecule has 1 atom stereocenters. The van der Waals surface area contributed by atoms with Crippen LogP contribution >= 0.6 is 11.8 Å². The van der Waals surface area contributed by atoms with E-state index >= 15 is 0 Å². The molecule has 2 rings (SSSR count). The molecule has 1 N–H and O–H groups in total. The van der Waals surface area contributed by atoms with E-state index in [9.17, 15) is 39.6 Å². The molecule has 0 radical (unpaired) electrons. The SMILES string of the molecule is O=C1SCC[C@@H]1NS(=O)(=O)c1cc(C(F)(F)F)cc(C(F)(F)F)c1. The second-order valence-electron chi connectivity index (χ2n) is 4.87. The Labute approximate surface area is 136 Å². The largest absolute Gasteiger partial charge is 0.416 e. The van der Waals surface area contributed by atoms with Gasteiger partial charge in [0.15, 0.2) is 0 Å². The molecule has 0 spiro atoms. The minimum absolute atomic E-state index is 0.101. The fourth-order valence-corrected chi connectivity index (χ4v) is 4.25. The first-order valence-electron chi connectivity index (χ1n) is 6.29. The van der Waals surface area contributed by atoms with E-state index in [2.05, 4.69) is 0 Å². The summed E-state index contributed by atoms with van der Waals surface area (Å²) < 4.78 is 103. The summed E-state index contributed by atoms with van der Waals surface area (Å²) in [6.45, 7) is 0. The molecular formula is C12H9F6NO3S2. The lowest BCUT2D eigenvalue weighted by molar-refractivity contribution is -0.143. The highest BCUT2D eigenvalue weighted by molar-refractivity contribution is 8.14. The number of carbonyl (C=O) groups is 1. The Morgan fingerprint density at radius 1 is 1.00 bits per heavy atom. The van der Waals surface area contributed by atoms with Crippen LogP contribution in [0.15, 0.2) is 23.1 Å². The lowest BCUT2D eigenvalue weighted by Crippen LogP contribution is -2.37. The molecule has 1 heterocycles. The van der Waals surface area contributed by atoms with Crippen molar-refractivity contribution in [3.05, 3.63) is 29.3 Å². The highest BCUT2D eigenvalue weighted by Gasteiger charge is 2.39. The third-order valence-corrected chi connectivity index (χ3v) is 5.56. The van der Waals surface area contributed by atoms with Crippen LogP contribution in [-0.2, 0) is 27.2 Å². The van der Waals surface area contributed by atoms with Crippen LogP contribution in [0, 0.1) is 0 Å². The summed E-state index contributed by atoms with van der Waals surface area (Å²) in [4.78, 5) is 10.2. The van der Waals surface area contributed by atoms with Gasteiger partial charge < -0.3 is 0 Å². The molecule has 0 aliphatic carbocycles. The van der Waals surface area contributed by atoms with Crippen molar-refractivity contribution < 1.29 is 39.6 Å². The van der Waals surface area contributed by atoms with Crippen molar-refractivity contribution in [1.82, 2.24) is 4.72 Å². The average molecular weight is 393 g/mol. The molecule has 4 nitrogen and oxygen atoms in total. The van der Waals surface area contributed by atoms with E-state index in [-0.39, 0.29) is 24.6 Å². The normalized spacial score (nSPS) is 19.8. The number of sulfonamides is 1. The third-order valence-electron chi connectivity index (χ3n) is 3.10. The Balaban J connectivity index is 2.50. The summed E-state index contributed by atoms with van der Waals surface area (Å²) >= 11 is 0.830. The lowest BCUT2D eigenvalue weighted by atomic mass is 10.1.